The average molecular weight is 287 g/mol. The molecule has 1 heterocycles. The maximum atomic E-state index is 5.90. The Morgan fingerprint density at radius 2 is 2.27 bits per heavy atom. The predicted octanol–water partition coefficient (Wildman–Crippen LogP) is 2.75. The van der Waals surface area contributed by atoms with Gasteiger partial charge in [0.25, 0.3) is 0 Å². The van der Waals surface area contributed by atoms with Crippen LogP contribution in [0.4, 0.5) is 0 Å². The van der Waals surface area contributed by atoms with Crippen molar-refractivity contribution in [2.45, 2.75) is 6.54 Å². The summed E-state index contributed by atoms with van der Waals surface area (Å²) in [4.78, 5) is 0. The molecule has 0 saturated heterocycles. The van der Waals surface area contributed by atoms with Crippen molar-refractivity contribution < 1.29 is 0 Å². The van der Waals surface area contributed by atoms with E-state index in [9.17, 15) is 0 Å². The van der Waals surface area contributed by atoms with Gasteiger partial charge in [0, 0.05) is 17.8 Å². The summed E-state index contributed by atoms with van der Waals surface area (Å²) in [6.45, 7) is 0.411. The van der Waals surface area contributed by atoms with Crippen LogP contribution >= 0.6 is 27.5 Å². The van der Waals surface area contributed by atoms with E-state index in [0.717, 1.165) is 15.9 Å². The summed E-state index contributed by atoms with van der Waals surface area (Å²) < 4.78 is 2.66. The summed E-state index contributed by atoms with van der Waals surface area (Å²) in [6.07, 6.45) is 1.87. The van der Waals surface area contributed by atoms with E-state index in [4.69, 9.17) is 17.3 Å². The normalized spacial score (nSPS) is 10.6. The lowest BCUT2D eigenvalue weighted by Gasteiger charge is -2.00. The third kappa shape index (κ3) is 2.22. The number of halogens is 2. The number of nitrogens with zero attached hydrogens (tertiary/aromatic N) is 2. The van der Waals surface area contributed by atoms with Crippen molar-refractivity contribution in [1.29, 1.82) is 0 Å². The van der Waals surface area contributed by atoms with Gasteiger partial charge in [0.1, 0.15) is 0 Å². The standard InChI is InChI=1S/C10H9BrClN3/c11-9-6-15(14-10(9)5-13)8-3-1-2-7(12)4-8/h1-4,6H,5,13H2. The first kappa shape index (κ1) is 10.7. The van der Waals surface area contributed by atoms with Crippen molar-refractivity contribution in [3.05, 3.63) is 45.7 Å². The minimum atomic E-state index is 0.411. The van der Waals surface area contributed by atoms with Crippen LogP contribution in [0.1, 0.15) is 5.69 Å². The van der Waals surface area contributed by atoms with Crippen LogP contribution < -0.4 is 5.73 Å². The van der Waals surface area contributed by atoms with Crippen LogP contribution in [-0.4, -0.2) is 9.78 Å². The molecule has 0 saturated carbocycles. The van der Waals surface area contributed by atoms with Crippen molar-refractivity contribution in [2.75, 3.05) is 0 Å². The summed E-state index contributed by atoms with van der Waals surface area (Å²) in [6, 6.07) is 7.50. The molecule has 0 amide bonds. The Hall–Kier alpha value is -0.840. The smallest absolute Gasteiger partial charge is 0.0906 e. The van der Waals surface area contributed by atoms with Gasteiger partial charge >= 0.3 is 0 Å². The van der Waals surface area contributed by atoms with Crippen LogP contribution in [0, 0.1) is 0 Å². The van der Waals surface area contributed by atoms with Crippen LogP contribution in [0.5, 0.6) is 0 Å². The Bertz CT molecular complexity index is 481. The number of aromatic nitrogens is 2. The van der Waals surface area contributed by atoms with Gasteiger partial charge in [-0.1, -0.05) is 17.7 Å². The molecule has 0 aliphatic heterocycles. The Balaban J connectivity index is 2.45. The zero-order valence-electron chi connectivity index (χ0n) is 7.82. The SMILES string of the molecule is NCc1nn(-c2cccc(Cl)c2)cc1Br. The highest BCUT2D eigenvalue weighted by molar-refractivity contribution is 9.10. The van der Waals surface area contributed by atoms with E-state index >= 15 is 0 Å². The predicted molar refractivity (Wildman–Crippen MR) is 64.2 cm³/mol. The molecule has 0 bridgehead atoms. The van der Waals surface area contributed by atoms with Gasteiger partial charge in [-0.3, -0.25) is 0 Å². The minimum absolute atomic E-state index is 0.411. The number of rotatable bonds is 2. The molecule has 0 unspecified atom stereocenters. The molecule has 1 aromatic heterocycles. The van der Waals surface area contributed by atoms with Gasteiger partial charge in [0.2, 0.25) is 0 Å². The van der Waals surface area contributed by atoms with Crippen LogP contribution in [-0.2, 0) is 6.54 Å². The lowest BCUT2D eigenvalue weighted by atomic mass is 10.3. The van der Waals surface area contributed by atoms with E-state index in [2.05, 4.69) is 21.0 Å². The molecule has 0 atom stereocenters. The number of benzene rings is 1. The van der Waals surface area contributed by atoms with E-state index < -0.39 is 0 Å². The van der Waals surface area contributed by atoms with Gasteiger partial charge in [-0.05, 0) is 34.1 Å². The molecule has 2 aromatic rings. The third-order valence-electron chi connectivity index (χ3n) is 2.01. The van der Waals surface area contributed by atoms with Crippen molar-refractivity contribution in [1.82, 2.24) is 9.78 Å². The lowest BCUT2D eigenvalue weighted by molar-refractivity contribution is 0.833. The molecule has 5 heteroatoms. The quantitative estimate of drug-likeness (QED) is 0.922. The fourth-order valence-electron chi connectivity index (χ4n) is 1.28. The van der Waals surface area contributed by atoms with Crippen molar-refractivity contribution in [2.24, 2.45) is 5.73 Å². The largest absolute Gasteiger partial charge is 0.325 e. The molecule has 0 aliphatic rings. The zero-order chi connectivity index (χ0) is 10.8. The fourth-order valence-corrected chi connectivity index (χ4v) is 1.90. The first-order chi connectivity index (χ1) is 7.20. The average Bonchev–Trinajstić information content (AvgIpc) is 2.60. The summed E-state index contributed by atoms with van der Waals surface area (Å²) >= 11 is 9.29. The molecule has 1 aromatic carbocycles. The Morgan fingerprint density at radius 1 is 1.47 bits per heavy atom. The highest BCUT2D eigenvalue weighted by atomic mass is 79.9. The molecule has 0 fully saturated rings. The van der Waals surface area contributed by atoms with Crippen LogP contribution in [0.2, 0.25) is 5.02 Å². The van der Waals surface area contributed by atoms with Gasteiger partial charge in [0.05, 0.1) is 15.9 Å². The fraction of sp³-hybridized carbons (Fsp3) is 0.100. The first-order valence-corrected chi connectivity index (χ1v) is 5.58. The van der Waals surface area contributed by atoms with Gasteiger partial charge in [-0.25, -0.2) is 4.68 Å². The number of hydrogen-bond donors (Lipinski definition) is 1. The monoisotopic (exact) mass is 285 g/mol. The van der Waals surface area contributed by atoms with Crippen LogP contribution in [0.15, 0.2) is 34.9 Å². The Morgan fingerprint density at radius 3 is 2.87 bits per heavy atom. The summed E-state index contributed by atoms with van der Waals surface area (Å²) in [5.74, 6) is 0. The molecule has 0 radical (unpaired) electrons. The number of nitrogens with two attached hydrogens (primary N) is 1. The maximum Gasteiger partial charge on any atom is 0.0906 e. The molecule has 0 aliphatic carbocycles. The van der Waals surface area contributed by atoms with Gasteiger partial charge in [-0.15, -0.1) is 0 Å². The third-order valence-corrected chi connectivity index (χ3v) is 2.90. The van der Waals surface area contributed by atoms with E-state index in [1.165, 1.54) is 0 Å². The van der Waals surface area contributed by atoms with Gasteiger partial charge in [-0.2, -0.15) is 5.10 Å². The van der Waals surface area contributed by atoms with Crippen molar-refractivity contribution >= 4 is 27.5 Å². The number of hydrogen-bond acceptors (Lipinski definition) is 2. The lowest BCUT2D eigenvalue weighted by Crippen LogP contribution is -2.00. The minimum Gasteiger partial charge on any atom is -0.325 e. The molecule has 78 valence electrons. The molecule has 0 spiro atoms. The Labute approximate surface area is 101 Å². The topological polar surface area (TPSA) is 43.8 Å². The van der Waals surface area contributed by atoms with Crippen LogP contribution in [0.25, 0.3) is 5.69 Å². The van der Waals surface area contributed by atoms with E-state index in [0.29, 0.717) is 11.6 Å². The second-order valence-corrected chi connectivity index (χ2v) is 4.34. The second kappa shape index (κ2) is 4.35. The van der Waals surface area contributed by atoms with E-state index in [-0.39, 0.29) is 0 Å². The van der Waals surface area contributed by atoms with E-state index in [1.807, 2.05) is 30.5 Å². The molecule has 2 rings (SSSR count). The molecule has 15 heavy (non-hydrogen) atoms. The summed E-state index contributed by atoms with van der Waals surface area (Å²) in [7, 11) is 0. The molecule has 2 N–H and O–H groups in total. The van der Waals surface area contributed by atoms with Crippen LogP contribution in [0.3, 0.4) is 0 Å². The summed E-state index contributed by atoms with van der Waals surface area (Å²) in [5, 5.41) is 5.01. The van der Waals surface area contributed by atoms with E-state index in [1.54, 1.807) is 4.68 Å². The van der Waals surface area contributed by atoms with Gasteiger partial charge in [0.15, 0.2) is 0 Å². The molecular weight excluding hydrogens is 277 g/mol. The van der Waals surface area contributed by atoms with Crippen molar-refractivity contribution in [3.63, 3.8) is 0 Å². The molecule has 3 nitrogen and oxygen atoms in total. The van der Waals surface area contributed by atoms with Crippen molar-refractivity contribution in [3.8, 4) is 5.69 Å². The second-order valence-electron chi connectivity index (χ2n) is 3.05. The van der Waals surface area contributed by atoms with Gasteiger partial charge < -0.3 is 5.73 Å². The zero-order valence-corrected chi connectivity index (χ0v) is 10.2. The maximum absolute atomic E-state index is 5.90. The Kier molecular flexibility index (Phi) is 3.09. The summed E-state index contributed by atoms with van der Waals surface area (Å²) in [5.41, 5.74) is 7.29. The highest BCUT2D eigenvalue weighted by Crippen LogP contribution is 2.19. The first-order valence-electron chi connectivity index (χ1n) is 4.41. The highest BCUT2D eigenvalue weighted by Gasteiger charge is 2.05. The molecular formula is C10H9BrClN3.